The Morgan fingerprint density at radius 1 is 1.20 bits per heavy atom. The zero-order valence-corrected chi connectivity index (χ0v) is 13.3. The molecule has 1 aliphatic heterocycles. The summed E-state index contributed by atoms with van der Waals surface area (Å²) in [4.78, 5) is 4.90. The van der Waals surface area contributed by atoms with E-state index in [0.29, 0.717) is 0 Å². The Bertz CT molecular complexity index is 400. The van der Waals surface area contributed by atoms with Gasteiger partial charge in [-0.2, -0.15) is 0 Å². The molecule has 1 aliphatic rings. The zero-order chi connectivity index (χ0) is 14.6. The van der Waals surface area contributed by atoms with E-state index in [9.17, 15) is 0 Å². The van der Waals surface area contributed by atoms with Gasteiger partial charge < -0.3 is 10.2 Å². The quantitative estimate of drug-likeness (QED) is 0.790. The monoisotopic (exact) mass is 280 g/mol. The highest BCUT2D eigenvalue weighted by molar-refractivity contribution is 4.94. The lowest BCUT2D eigenvalue weighted by Crippen LogP contribution is -2.46. The third-order valence-electron chi connectivity index (χ3n) is 3.73. The Morgan fingerprint density at radius 2 is 1.90 bits per heavy atom. The van der Waals surface area contributed by atoms with E-state index >= 15 is 0 Å². The van der Waals surface area contributed by atoms with Crippen LogP contribution in [-0.2, 0) is 12.1 Å². The number of rotatable bonds is 5. The second kappa shape index (κ2) is 6.65. The number of hydrogen-bond donors (Lipinski definition) is 1. The number of piperazine rings is 1. The van der Waals surface area contributed by atoms with Crippen LogP contribution >= 0.6 is 0 Å². The molecule has 20 heavy (non-hydrogen) atoms. The van der Waals surface area contributed by atoms with E-state index in [1.165, 1.54) is 26.2 Å². The van der Waals surface area contributed by atoms with Crippen molar-refractivity contribution in [1.82, 2.24) is 30.1 Å². The molecule has 114 valence electrons. The first-order valence-corrected chi connectivity index (χ1v) is 7.48. The van der Waals surface area contributed by atoms with Gasteiger partial charge in [-0.05, 0) is 27.8 Å². The topological polar surface area (TPSA) is 49.2 Å². The van der Waals surface area contributed by atoms with Gasteiger partial charge in [-0.3, -0.25) is 4.90 Å². The number of aromatic nitrogens is 3. The minimum Gasteiger partial charge on any atom is -0.310 e. The summed E-state index contributed by atoms with van der Waals surface area (Å²) in [6.45, 7) is 14.0. The van der Waals surface area contributed by atoms with Gasteiger partial charge in [0, 0.05) is 45.8 Å². The smallest absolute Gasteiger partial charge is 0.0965 e. The van der Waals surface area contributed by atoms with Crippen LogP contribution < -0.4 is 5.32 Å². The van der Waals surface area contributed by atoms with E-state index in [1.54, 1.807) is 0 Å². The van der Waals surface area contributed by atoms with E-state index < -0.39 is 0 Å². The zero-order valence-electron chi connectivity index (χ0n) is 13.3. The highest BCUT2D eigenvalue weighted by atomic mass is 15.4. The third kappa shape index (κ3) is 4.54. The van der Waals surface area contributed by atoms with Crippen molar-refractivity contribution >= 4 is 0 Å². The van der Waals surface area contributed by atoms with Crippen LogP contribution in [0.4, 0.5) is 0 Å². The summed E-state index contributed by atoms with van der Waals surface area (Å²) in [7, 11) is 2.19. The number of nitrogens with zero attached hydrogens (tertiary/aromatic N) is 5. The first-order chi connectivity index (χ1) is 9.45. The van der Waals surface area contributed by atoms with Crippen LogP contribution in [0.3, 0.4) is 0 Å². The SMILES string of the molecule is CN1CCN(CCNCc2cn(C(C)(C)C)nn2)CC1. The Kier molecular flexibility index (Phi) is 5.12. The fourth-order valence-electron chi connectivity index (χ4n) is 2.23. The first-order valence-electron chi connectivity index (χ1n) is 7.48. The lowest BCUT2D eigenvalue weighted by Gasteiger charge is -2.32. The molecular formula is C14H28N6. The van der Waals surface area contributed by atoms with Gasteiger partial charge in [0.05, 0.1) is 17.4 Å². The molecule has 0 aliphatic carbocycles. The Balaban J connectivity index is 1.65. The molecule has 1 saturated heterocycles. The molecule has 1 aromatic rings. The second-order valence-corrected chi connectivity index (χ2v) is 6.65. The molecule has 6 nitrogen and oxygen atoms in total. The van der Waals surface area contributed by atoms with Gasteiger partial charge in [0.15, 0.2) is 0 Å². The number of hydrogen-bond acceptors (Lipinski definition) is 5. The first kappa shape index (κ1) is 15.4. The molecule has 0 amide bonds. The molecule has 2 heterocycles. The summed E-state index contributed by atoms with van der Waals surface area (Å²) in [5.74, 6) is 0. The van der Waals surface area contributed by atoms with E-state index in [4.69, 9.17) is 0 Å². The molecule has 1 aromatic heterocycles. The molecule has 0 unspecified atom stereocenters. The van der Waals surface area contributed by atoms with E-state index in [0.717, 1.165) is 25.3 Å². The summed E-state index contributed by atoms with van der Waals surface area (Å²) in [6.07, 6.45) is 2.03. The van der Waals surface area contributed by atoms with Crippen LogP contribution in [0.2, 0.25) is 0 Å². The molecule has 1 fully saturated rings. The third-order valence-corrected chi connectivity index (χ3v) is 3.73. The van der Waals surface area contributed by atoms with E-state index in [-0.39, 0.29) is 5.54 Å². The van der Waals surface area contributed by atoms with E-state index in [1.807, 2.05) is 10.9 Å². The standard InChI is InChI=1S/C14H28N6/c1-14(2,3)20-12-13(16-17-20)11-15-5-6-19-9-7-18(4)8-10-19/h12,15H,5-11H2,1-4H3. The minimum atomic E-state index is 0.00504. The Labute approximate surface area is 122 Å². The summed E-state index contributed by atoms with van der Waals surface area (Å²) in [5, 5.41) is 11.8. The molecule has 2 rings (SSSR count). The lowest BCUT2D eigenvalue weighted by molar-refractivity contribution is 0.154. The van der Waals surface area contributed by atoms with Crippen molar-refractivity contribution in [2.45, 2.75) is 32.9 Å². The van der Waals surface area contributed by atoms with Crippen LogP contribution in [0.25, 0.3) is 0 Å². The van der Waals surface area contributed by atoms with Gasteiger partial charge in [-0.15, -0.1) is 5.10 Å². The van der Waals surface area contributed by atoms with Crippen molar-refractivity contribution in [2.75, 3.05) is 46.3 Å². The molecule has 0 aromatic carbocycles. The fraction of sp³-hybridized carbons (Fsp3) is 0.857. The van der Waals surface area contributed by atoms with Crippen LogP contribution in [0.15, 0.2) is 6.20 Å². The second-order valence-electron chi connectivity index (χ2n) is 6.65. The summed E-state index contributed by atoms with van der Waals surface area (Å²) in [5.41, 5.74) is 1.02. The van der Waals surface area contributed by atoms with Crippen LogP contribution in [-0.4, -0.2) is 71.1 Å². The molecule has 6 heteroatoms. The maximum Gasteiger partial charge on any atom is 0.0965 e. The van der Waals surface area contributed by atoms with Crippen molar-refractivity contribution < 1.29 is 0 Å². The van der Waals surface area contributed by atoms with Gasteiger partial charge in [0.2, 0.25) is 0 Å². The maximum absolute atomic E-state index is 4.21. The van der Waals surface area contributed by atoms with Crippen molar-refractivity contribution in [2.24, 2.45) is 0 Å². The van der Waals surface area contributed by atoms with Crippen LogP contribution in [0, 0.1) is 0 Å². The Hall–Kier alpha value is -0.980. The summed E-state index contributed by atoms with van der Waals surface area (Å²) >= 11 is 0. The largest absolute Gasteiger partial charge is 0.310 e. The highest BCUT2D eigenvalue weighted by Crippen LogP contribution is 2.11. The van der Waals surface area contributed by atoms with Crippen molar-refractivity contribution in [3.05, 3.63) is 11.9 Å². The number of nitrogens with one attached hydrogen (secondary N) is 1. The minimum absolute atomic E-state index is 0.00504. The molecule has 1 N–H and O–H groups in total. The van der Waals surface area contributed by atoms with E-state index in [2.05, 4.69) is 53.2 Å². The predicted octanol–water partition coefficient (Wildman–Crippen LogP) is 0.370. The van der Waals surface area contributed by atoms with Crippen LogP contribution in [0.1, 0.15) is 26.5 Å². The summed E-state index contributed by atoms with van der Waals surface area (Å²) in [6, 6.07) is 0. The fourth-order valence-corrected chi connectivity index (χ4v) is 2.23. The normalized spacial score (nSPS) is 18.6. The van der Waals surface area contributed by atoms with Gasteiger partial charge in [-0.1, -0.05) is 5.21 Å². The molecule has 0 bridgehead atoms. The lowest BCUT2D eigenvalue weighted by atomic mass is 10.1. The molecule has 0 spiro atoms. The predicted molar refractivity (Wildman–Crippen MR) is 80.7 cm³/mol. The van der Waals surface area contributed by atoms with Gasteiger partial charge in [-0.25, -0.2) is 4.68 Å². The van der Waals surface area contributed by atoms with Crippen molar-refractivity contribution in [3.63, 3.8) is 0 Å². The molecule has 0 saturated carbocycles. The number of likely N-dealkylation sites (N-methyl/N-ethyl adjacent to an activating group) is 1. The van der Waals surface area contributed by atoms with Crippen molar-refractivity contribution in [1.29, 1.82) is 0 Å². The van der Waals surface area contributed by atoms with Gasteiger partial charge in [0.1, 0.15) is 0 Å². The average molecular weight is 280 g/mol. The highest BCUT2D eigenvalue weighted by Gasteiger charge is 2.15. The average Bonchev–Trinajstić information content (AvgIpc) is 2.85. The molecular weight excluding hydrogens is 252 g/mol. The molecule has 0 radical (unpaired) electrons. The van der Waals surface area contributed by atoms with Crippen molar-refractivity contribution in [3.8, 4) is 0 Å². The van der Waals surface area contributed by atoms with Gasteiger partial charge in [0.25, 0.3) is 0 Å². The van der Waals surface area contributed by atoms with Crippen LogP contribution in [0.5, 0.6) is 0 Å². The maximum atomic E-state index is 4.21. The van der Waals surface area contributed by atoms with Gasteiger partial charge >= 0.3 is 0 Å². The Morgan fingerprint density at radius 3 is 2.50 bits per heavy atom. The molecule has 0 atom stereocenters. The summed E-state index contributed by atoms with van der Waals surface area (Å²) < 4.78 is 1.92.